The maximum atomic E-state index is 6.29. The van der Waals surface area contributed by atoms with Gasteiger partial charge in [0.2, 0.25) is 0 Å². The van der Waals surface area contributed by atoms with Crippen LogP contribution in [0.4, 0.5) is 0 Å². The molecule has 3 aliphatic rings. The van der Waals surface area contributed by atoms with Gasteiger partial charge in [-0.3, -0.25) is 4.57 Å². The molecule has 2 saturated carbocycles. The smallest absolute Gasteiger partial charge is 0.386 e. The van der Waals surface area contributed by atoms with E-state index in [9.17, 15) is 0 Å². The number of nitrogens with zero attached hydrogens (tertiary/aromatic N) is 1. The van der Waals surface area contributed by atoms with Gasteiger partial charge >= 0.3 is 8.72 Å². The lowest BCUT2D eigenvalue weighted by Crippen LogP contribution is -2.64. The van der Waals surface area contributed by atoms with Crippen LogP contribution in [0.1, 0.15) is 65.2 Å². The third kappa shape index (κ3) is 3.56. The van der Waals surface area contributed by atoms with E-state index in [2.05, 4.69) is 18.4 Å². The molecule has 1 aliphatic heterocycles. The molecule has 4 heteroatoms. The average molecular weight is 340 g/mol. The molecule has 0 radical (unpaired) electrons. The SMILES string of the molecule is CO[Si](OC)(C1CCC2CCCCC2C1)N1CC(C)CC(C)C1. The van der Waals surface area contributed by atoms with Crippen LogP contribution in [-0.4, -0.2) is 40.6 Å². The molecular weight excluding hydrogens is 302 g/mol. The van der Waals surface area contributed by atoms with Gasteiger partial charge in [0, 0.05) is 19.8 Å². The van der Waals surface area contributed by atoms with E-state index in [4.69, 9.17) is 8.85 Å². The van der Waals surface area contributed by atoms with E-state index in [-0.39, 0.29) is 0 Å². The van der Waals surface area contributed by atoms with Gasteiger partial charge in [-0.15, -0.1) is 0 Å². The highest BCUT2D eigenvalue weighted by molar-refractivity contribution is 6.66. The molecule has 1 saturated heterocycles. The largest absolute Gasteiger partial charge is 0.430 e. The van der Waals surface area contributed by atoms with Crippen LogP contribution >= 0.6 is 0 Å². The van der Waals surface area contributed by atoms with Gasteiger partial charge in [0.25, 0.3) is 0 Å². The molecule has 0 aromatic carbocycles. The molecule has 5 atom stereocenters. The van der Waals surface area contributed by atoms with Gasteiger partial charge in [-0.2, -0.15) is 0 Å². The van der Waals surface area contributed by atoms with Crippen molar-refractivity contribution in [2.24, 2.45) is 23.7 Å². The van der Waals surface area contributed by atoms with E-state index in [1.165, 1.54) is 64.5 Å². The molecule has 3 fully saturated rings. The summed E-state index contributed by atoms with van der Waals surface area (Å²) >= 11 is 0. The number of fused-ring (bicyclic) bond motifs is 1. The van der Waals surface area contributed by atoms with Crippen molar-refractivity contribution in [3.05, 3.63) is 0 Å². The fourth-order valence-electron chi connectivity index (χ4n) is 6.06. The van der Waals surface area contributed by atoms with Gasteiger partial charge in [0.1, 0.15) is 0 Å². The quantitative estimate of drug-likeness (QED) is 0.701. The van der Waals surface area contributed by atoms with Crippen LogP contribution in [0.5, 0.6) is 0 Å². The third-order valence-corrected chi connectivity index (χ3v) is 10.9. The first kappa shape index (κ1) is 17.9. The van der Waals surface area contributed by atoms with E-state index in [1.807, 2.05) is 14.2 Å². The molecule has 3 nitrogen and oxygen atoms in total. The predicted molar refractivity (Wildman–Crippen MR) is 97.3 cm³/mol. The molecule has 0 amide bonds. The van der Waals surface area contributed by atoms with E-state index in [1.54, 1.807) is 0 Å². The molecule has 0 aromatic rings. The minimum atomic E-state index is -2.27. The Morgan fingerprint density at radius 3 is 2.00 bits per heavy atom. The highest BCUT2D eigenvalue weighted by atomic mass is 28.4. The van der Waals surface area contributed by atoms with Crippen LogP contribution in [0.2, 0.25) is 5.54 Å². The van der Waals surface area contributed by atoms with Crippen molar-refractivity contribution in [2.75, 3.05) is 27.3 Å². The maximum Gasteiger partial charge on any atom is 0.430 e. The summed E-state index contributed by atoms with van der Waals surface area (Å²) in [6.45, 7) is 7.13. The van der Waals surface area contributed by atoms with Crippen molar-refractivity contribution >= 4 is 8.72 Å². The van der Waals surface area contributed by atoms with Crippen LogP contribution in [-0.2, 0) is 8.85 Å². The summed E-state index contributed by atoms with van der Waals surface area (Å²) in [6, 6.07) is 0. The molecule has 5 unspecified atom stereocenters. The molecule has 0 bridgehead atoms. The first-order valence-corrected chi connectivity index (χ1v) is 11.8. The summed E-state index contributed by atoms with van der Waals surface area (Å²) in [7, 11) is 1.58. The lowest BCUT2D eigenvalue weighted by molar-refractivity contribution is 0.0819. The molecule has 0 N–H and O–H groups in total. The second-order valence-electron chi connectivity index (χ2n) is 8.70. The minimum Gasteiger partial charge on any atom is -0.386 e. The number of rotatable bonds is 4. The van der Waals surface area contributed by atoms with E-state index >= 15 is 0 Å². The Bertz CT molecular complexity index is 378. The van der Waals surface area contributed by atoms with Crippen LogP contribution < -0.4 is 0 Å². The number of piperidine rings is 1. The molecule has 134 valence electrons. The lowest BCUT2D eigenvalue weighted by Gasteiger charge is -2.50. The zero-order valence-corrected chi connectivity index (χ0v) is 16.7. The van der Waals surface area contributed by atoms with Crippen molar-refractivity contribution in [1.82, 2.24) is 4.57 Å². The van der Waals surface area contributed by atoms with Crippen LogP contribution in [0.15, 0.2) is 0 Å². The van der Waals surface area contributed by atoms with Gasteiger partial charge in [-0.05, 0) is 62.4 Å². The Morgan fingerprint density at radius 2 is 1.39 bits per heavy atom. The zero-order valence-electron chi connectivity index (χ0n) is 15.7. The normalized spacial score (nSPS) is 39.9. The predicted octanol–water partition coefficient (Wildman–Crippen LogP) is 4.56. The van der Waals surface area contributed by atoms with Crippen molar-refractivity contribution < 1.29 is 8.85 Å². The fraction of sp³-hybridized carbons (Fsp3) is 1.00. The first-order chi connectivity index (χ1) is 11.1. The van der Waals surface area contributed by atoms with Gasteiger partial charge in [-0.25, -0.2) is 0 Å². The number of hydrogen-bond donors (Lipinski definition) is 0. The van der Waals surface area contributed by atoms with Crippen molar-refractivity contribution in [1.29, 1.82) is 0 Å². The van der Waals surface area contributed by atoms with Gasteiger partial charge in [0.05, 0.1) is 0 Å². The summed E-state index contributed by atoms with van der Waals surface area (Å²) < 4.78 is 15.2. The molecule has 0 aromatic heterocycles. The Hall–Kier alpha value is 0.0969. The van der Waals surface area contributed by atoms with Crippen molar-refractivity contribution in [3.63, 3.8) is 0 Å². The lowest BCUT2D eigenvalue weighted by atomic mass is 9.71. The molecular formula is C19H37NO2Si. The highest BCUT2D eigenvalue weighted by Crippen LogP contribution is 2.49. The first-order valence-electron chi connectivity index (χ1n) is 9.94. The summed E-state index contributed by atoms with van der Waals surface area (Å²) in [5.74, 6) is 3.47. The summed E-state index contributed by atoms with van der Waals surface area (Å²) in [6.07, 6.45) is 11.3. The zero-order chi connectivity index (χ0) is 16.4. The maximum absolute atomic E-state index is 6.29. The average Bonchev–Trinajstić information content (AvgIpc) is 2.55. The Labute approximate surface area is 144 Å². The second kappa shape index (κ2) is 7.55. The fourth-order valence-corrected chi connectivity index (χ4v) is 10.2. The van der Waals surface area contributed by atoms with Gasteiger partial charge in [-0.1, -0.05) is 39.5 Å². The van der Waals surface area contributed by atoms with E-state index < -0.39 is 8.72 Å². The molecule has 3 rings (SSSR count). The summed E-state index contributed by atoms with van der Waals surface area (Å²) in [5, 5.41) is 0. The molecule has 23 heavy (non-hydrogen) atoms. The highest BCUT2D eigenvalue weighted by Gasteiger charge is 2.54. The van der Waals surface area contributed by atoms with Gasteiger partial charge < -0.3 is 8.85 Å². The van der Waals surface area contributed by atoms with Crippen LogP contribution in [0, 0.1) is 23.7 Å². The van der Waals surface area contributed by atoms with Crippen LogP contribution in [0.3, 0.4) is 0 Å². The minimum absolute atomic E-state index is 0.661. The van der Waals surface area contributed by atoms with Crippen LogP contribution in [0.25, 0.3) is 0 Å². The van der Waals surface area contributed by atoms with E-state index in [0.29, 0.717) is 5.54 Å². The molecule has 0 spiro atoms. The number of hydrogen-bond acceptors (Lipinski definition) is 3. The standard InChI is InChI=1S/C19H37NO2Si/c1-15-11-16(2)14-20(13-15)23(21-3,22-4)19-10-9-17-7-5-6-8-18(17)12-19/h15-19H,5-14H2,1-4H3. The monoisotopic (exact) mass is 339 g/mol. The Balaban J connectivity index is 1.77. The Morgan fingerprint density at radius 1 is 0.783 bits per heavy atom. The summed E-state index contributed by atoms with van der Waals surface area (Å²) in [5.41, 5.74) is 0.661. The Kier molecular flexibility index (Phi) is 5.88. The molecule has 2 aliphatic carbocycles. The van der Waals surface area contributed by atoms with Gasteiger partial charge in [0.15, 0.2) is 0 Å². The molecule has 1 heterocycles. The van der Waals surface area contributed by atoms with E-state index in [0.717, 1.165) is 23.7 Å². The third-order valence-electron chi connectivity index (χ3n) is 6.95. The topological polar surface area (TPSA) is 21.7 Å². The summed E-state index contributed by atoms with van der Waals surface area (Å²) in [4.78, 5) is 0. The second-order valence-corrected chi connectivity index (χ2v) is 12.2. The van der Waals surface area contributed by atoms with Crippen molar-refractivity contribution in [2.45, 2.75) is 70.8 Å². The van der Waals surface area contributed by atoms with Crippen molar-refractivity contribution in [3.8, 4) is 0 Å².